The summed E-state index contributed by atoms with van der Waals surface area (Å²) in [6.07, 6.45) is 0.904. The highest BCUT2D eigenvalue weighted by Crippen LogP contribution is 2.20. The van der Waals surface area contributed by atoms with E-state index in [2.05, 4.69) is 23.2 Å². The predicted molar refractivity (Wildman–Crippen MR) is 61.6 cm³/mol. The average Bonchev–Trinajstić information content (AvgIpc) is 2.47. The van der Waals surface area contributed by atoms with Crippen molar-refractivity contribution in [3.05, 3.63) is 29.3 Å². The molecule has 0 aliphatic carbocycles. The second kappa shape index (κ2) is 3.33. The Kier molecular flexibility index (Phi) is 2.29. The first-order valence-corrected chi connectivity index (χ1v) is 5.54. The van der Waals surface area contributed by atoms with Crippen LogP contribution >= 0.6 is 11.3 Å². The third kappa shape index (κ3) is 2.11. The molecule has 14 heavy (non-hydrogen) atoms. The van der Waals surface area contributed by atoms with Crippen molar-refractivity contribution in [1.29, 1.82) is 0 Å². The summed E-state index contributed by atoms with van der Waals surface area (Å²) in [5.74, 6) is 0. The Morgan fingerprint density at radius 1 is 1.43 bits per heavy atom. The quantitative estimate of drug-likeness (QED) is 0.820. The number of nitrogens with two attached hydrogens (primary N) is 1. The maximum Gasteiger partial charge on any atom is 0.0812 e. The minimum atomic E-state index is -0.141. The molecule has 0 fully saturated rings. The number of hydrogen-bond acceptors (Lipinski definition) is 3. The van der Waals surface area contributed by atoms with Crippen molar-refractivity contribution >= 4 is 21.6 Å². The summed E-state index contributed by atoms with van der Waals surface area (Å²) >= 11 is 1.68. The number of benzene rings is 1. The van der Waals surface area contributed by atoms with Crippen LogP contribution in [0.2, 0.25) is 0 Å². The molecule has 2 aromatic rings. The normalized spacial score (nSPS) is 12.2. The summed E-state index contributed by atoms with van der Waals surface area (Å²) in [6, 6.07) is 6.35. The maximum atomic E-state index is 5.97. The summed E-state index contributed by atoms with van der Waals surface area (Å²) in [5.41, 5.74) is 10.1. The zero-order chi connectivity index (χ0) is 10.2. The van der Waals surface area contributed by atoms with Crippen LogP contribution in [0, 0.1) is 0 Å². The monoisotopic (exact) mass is 206 g/mol. The van der Waals surface area contributed by atoms with Crippen molar-refractivity contribution in [3.63, 3.8) is 0 Å². The molecular weight excluding hydrogens is 192 g/mol. The van der Waals surface area contributed by atoms with Gasteiger partial charge in [-0.15, -0.1) is 11.3 Å². The Morgan fingerprint density at radius 3 is 2.93 bits per heavy atom. The van der Waals surface area contributed by atoms with Gasteiger partial charge in [0.1, 0.15) is 0 Å². The fraction of sp³-hybridized carbons (Fsp3) is 0.364. The Morgan fingerprint density at radius 2 is 2.21 bits per heavy atom. The molecule has 0 spiro atoms. The number of aromatic nitrogens is 1. The van der Waals surface area contributed by atoms with E-state index in [1.54, 1.807) is 11.3 Å². The highest BCUT2D eigenvalue weighted by molar-refractivity contribution is 7.16. The molecule has 2 nitrogen and oxygen atoms in total. The van der Waals surface area contributed by atoms with E-state index >= 15 is 0 Å². The number of rotatable bonds is 2. The highest BCUT2D eigenvalue weighted by Gasteiger charge is 2.11. The third-order valence-electron chi connectivity index (χ3n) is 2.06. The van der Waals surface area contributed by atoms with Crippen LogP contribution in [0.3, 0.4) is 0 Å². The number of thiazole rings is 1. The standard InChI is InChI=1S/C11H14N2S/c1-11(2,12)6-8-3-4-9-10(5-8)14-7-13-9/h3-5,7H,6,12H2,1-2H3. The lowest BCUT2D eigenvalue weighted by Gasteiger charge is -2.18. The Balaban J connectivity index is 2.35. The lowest BCUT2D eigenvalue weighted by Crippen LogP contribution is -2.34. The van der Waals surface area contributed by atoms with Crippen molar-refractivity contribution in [1.82, 2.24) is 4.98 Å². The summed E-state index contributed by atoms with van der Waals surface area (Å²) in [4.78, 5) is 4.24. The molecule has 0 aliphatic heterocycles. The van der Waals surface area contributed by atoms with Gasteiger partial charge in [-0.25, -0.2) is 4.98 Å². The minimum absolute atomic E-state index is 0.141. The molecule has 1 aromatic carbocycles. The van der Waals surface area contributed by atoms with Crippen molar-refractivity contribution < 1.29 is 0 Å². The van der Waals surface area contributed by atoms with Crippen LogP contribution in [0.15, 0.2) is 23.7 Å². The maximum absolute atomic E-state index is 5.97. The van der Waals surface area contributed by atoms with E-state index in [0.717, 1.165) is 11.9 Å². The van der Waals surface area contributed by atoms with Gasteiger partial charge >= 0.3 is 0 Å². The second-order valence-corrected chi connectivity index (χ2v) is 5.21. The van der Waals surface area contributed by atoms with E-state index in [-0.39, 0.29) is 5.54 Å². The van der Waals surface area contributed by atoms with Crippen LogP contribution in [0.1, 0.15) is 19.4 Å². The number of hydrogen-bond donors (Lipinski definition) is 1. The first-order valence-electron chi connectivity index (χ1n) is 4.66. The smallest absolute Gasteiger partial charge is 0.0812 e. The summed E-state index contributed by atoms with van der Waals surface area (Å²) < 4.78 is 1.24. The van der Waals surface area contributed by atoms with E-state index < -0.39 is 0 Å². The molecule has 0 atom stereocenters. The van der Waals surface area contributed by atoms with Gasteiger partial charge in [0.25, 0.3) is 0 Å². The Labute approximate surface area is 87.8 Å². The molecule has 0 saturated heterocycles. The van der Waals surface area contributed by atoms with Crippen LogP contribution < -0.4 is 5.73 Å². The fourth-order valence-electron chi connectivity index (χ4n) is 1.54. The molecule has 1 aromatic heterocycles. The molecule has 0 aliphatic rings. The van der Waals surface area contributed by atoms with E-state index in [4.69, 9.17) is 5.73 Å². The first kappa shape index (κ1) is 9.62. The highest BCUT2D eigenvalue weighted by atomic mass is 32.1. The minimum Gasteiger partial charge on any atom is -0.325 e. The van der Waals surface area contributed by atoms with Crippen molar-refractivity contribution in [3.8, 4) is 0 Å². The summed E-state index contributed by atoms with van der Waals surface area (Å²) in [6.45, 7) is 4.09. The Hall–Kier alpha value is -0.930. The van der Waals surface area contributed by atoms with Crippen molar-refractivity contribution in [2.24, 2.45) is 5.73 Å². The number of fused-ring (bicyclic) bond motifs is 1. The molecule has 1 heterocycles. The second-order valence-electron chi connectivity index (χ2n) is 4.32. The zero-order valence-electron chi connectivity index (χ0n) is 8.45. The van der Waals surface area contributed by atoms with E-state index in [0.29, 0.717) is 0 Å². The predicted octanol–water partition coefficient (Wildman–Crippen LogP) is 2.58. The van der Waals surface area contributed by atoms with Crippen LogP contribution in [-0.2, 0) is 6.42 Å². The molecule has 74 valence electrons. The molecule has 0 amide bonds. The Bertz CT molecular complexity index is 440. The van der Waals surface area contributed by atoms with E-state index in [1.807, 2.05) is 19.4 Å². The molecule has 2 N–H and O–H groups in total. The van der Waals surface area contributed by atoms with Gasteiger partial charge in [-0.3, -0.25) is 0 Å². The molecule has 0 radical (unpaired) electrons. The van der Waals surface area contributed by atoms with Gasteiger partial charge in [-0.05, 0) is 38.0 Å². The molecule has 2 rings (SSSR count). The first-order chi connectivity index (χ1) is 6.54. The van der Waals surface area contributed by atoms with Crippen LogP contribution in [0.5, 0.6) is 0 Å². The topological polar surface area (TPSA) is 38.9 Å². The summed E-state index contributed by atoms with van der Waals surface area (Å²) in [7, 11) is 0. The van der Waals surface area contributed by atoms with Gasteiger partial charge in [0.05, 0.1) is 15.7 Å². The molecule has 0 bridgehead atoms. The van der Waals surface area contributed by atoms with Crippen molar-refractivity contribution in [2.75, 3.05) is 0 Å². The zero-order valence-corrected chi connectivity index (χ0v) is 9.27. The van der Waals surface area contributed by atoms with Gasteiger partial charge in [0, 0.05) is 5.54 Å². The summed E-state index contributed by atoms with van der Waals surface area (Å²) in [5, 5.41) is 0. The number of nitrogens with zero attached hydrogens (tertiary/aromatic N) is 1. The van der Waals surface area contributed by atoms with Crippen LogP contribution in [0.25, 0.3) is 10.2 Å². The third-order valence-corrected chi connectivity index (χ3v) is 2.85. The average molecular weight is 206 g/mol. The van der Waals surface area contributed by atoms with Gasteiger partial charge in [-0.1, -0.05) is 6.07 Å². The van der Waals surface area contributed by atoms with E-state index in [1.165, 1.54) is 10.3 Å². The lowest BCUT2D eigenvalue weighted by molar-refractivity contribution is 0.517. The lowest BCUT2D eigenvalue weighted by atomic mass is 9.96. The van der Waals surface area contributed by atoms with Crippen molar-refractivity contribution in [2.45, 2.75) is 25.8 Å². The molecule has 0 saturated carbocycles. The van der Waals surface area contributed by atoms with Crippen LogP contribution in [0.4, 0.5) is 0 Å². The van der Waals surface area contributed by atoms with Crippen LogP contribution in [-0.4, -0.2) is 10.5 Å². The molecule has 3 heteroatoms. The van der Waals surface area contributed by atoms with Gasteiger partial charge in [0.15, 0.2) is 0 Å². The molecule has 0 unspecified atom stereocenters. The largest absolute Gasteiger partial charge is 0.325 e. The molecular formula is C11H14N2S. The van der Waals surface area contributed by atoms with E-state index in [9.17, 15) is 0 Å². The van der Waals surface area contributed by atoms with Gasteiger partial charge in [-0.2, -0.15) is 0 Å². The van der Waals surface area contributed by atoms with Gasteiger partial charge < -0.3 is 5.73 Å². The van der Waals surface area contributed by atoms with Gasteiger partial charge in [0.2, 0.25) is 0 Å². The fourth-order valence-corrected chi connectivity index (χ4v) is 2.28. The SMILES string of the molecule is CC(C)(N)Cc1ccc2ncsc2c1.